The molecule has 2 aromatic heterocycles. The lowest BCUT2D eigenvalue weighted by atomic mass is 10.0. The van der Waals surface area contributed by atoms with Crippen LogP contribution in [0.3, 0.4) is 0 Å². The molecule has 4 aromatic rings. The van der Waals surface area contributed by atoms with Crippen molar-refractivity contribution in [2.45, 2.75) is 18.9 Å². The molecule has 0 aliphatic carbocycles. The van der Waals surface area contributed by atoms with Gasteiger partial charge in [0, 0.05) is 12.0 Å². The number of benzene rings is 2. The Morgan fingerprint density at radius 3 is 2.82 bits per heavy atom. The zero-order chi connectivity index (χ0) is 19.1. The van der Waals surface area contributed by atoms with Gasteiger partial charge in [0.1, 0.15) is 17.3 Å². The van der Waals surface area contributed by atoms with Crippen LogP contribution in [0.5, 0.6) is 0 Å². The van der Waals surface area contributed by atoms with Gasteiger partial charge in [-0.15, -0.1) is 5.10 Å². The van der Waals surface area contributed by atoms with E-state index in [1.54, 1.807) is 6.07 Å². The molecule has 3 heterocycles. The molecule has 0 saturated carbocycles. The predicted octanol–water partition coefficient (Wildman–Crippen LogP) is 3.43. The van der Waals surface area contributed by atoms with E-state index in [9.17, 15) is 9.59 Å². The highest BCUT2D eigenvalue weighted by molar-refractivity contribution is 6.09. The Bertz CT molecular complexity index is 1250. The van der Waals surface area contributed by atoms with E-state index in [-0.39, 0.29) is 17.7 Å². The highest BCUT2D eigenvalue weighted by Gasteiger charge is 2.24. The summed E-state index contributed by atoms with van der Waals surface area (Å²) in [5.74, 6) is -0.365. The molecule has 8 heteroatoms. The molecule has 1 saturated heterocycles. The van der Waals surface area contributed by atoms with E-state index < -0.39 is 11.5 Å². The zero-order valence-corrected chi connectivity index (χ0v) is 14.7. The summed E-state index contributed by atoms with van der Waals surface area (Å²) in [6, 6.07) is 12.7. The van der Waals surface area contributed by atoms with Crippen LogP contribution in [-0.2, 0) is 4.74 Å². The summed E-state index contributed by atoms with van der Waals surface area (Å²) in [5.41, 5.74) is -0.460. The fourth-order valence-corrected chi connectivity index (χ4v) is 3.38. The molecule has 1 N–H and O–H groups in total. The quantitative estimate of drug-likeness (QED) is 0.430. The Labute approximate surface area is 158 Å². The molecule has 1 aliphatic heterocycles. The fraction of sp³-hybridized carbons (Fsp3) is 0.200. The summed E-state index contributed by atoms with van der Waals surface area (Å²) in [4.78, 5) is 24.9. The number of rotatable bonds is 3. The van der Waals surface area contributed by atoms with Gasteiger partial charge in [-0.05, 0) is 35.7 Å². The number of hydrogen-bond acceptors (Lipinski definition) is 7. The van der Waals surface area contributed by atoms with Gasteiger partial charge in [0.25, 0.3) is 5.91 Å². The third kappa shape index (κ3) is 2.84. The van der Waals surface area contributed by atoms with Crippen molar-refractivity contribution in [1.29, 1.82) is 0 Å². The van der Waals surface area contributed by atoms with E-state index in [0.717, 1.165) is 23.6 Å². The number of amides is 1. The topological polar surface area (TPSA) is 107 Å². The minimum Gasteiger partial charge on any atom is -0.422 e. The number of hydrogen-bond donors (Lipinski definition) is 1. The molecular weight excluding hydrogens is 362 g/mol. The van der Waals surface area contributed by atoms with Gasteiger partial charge in [-0.25, -0.2) is 4.79 Å². The van der Waals surface area contributed by atoms with E-state index in [4.69, 9.17) is 13.6 Å². The van der Waals surface area contributed by atoms with E-state index in [2.05, 4.69) is 15.5 Å². The molecule has 8 nitrogen and oxygen atoms in total. The molecule has 0 bridgehead atoms. The number of nitrogens with one attached hydrogen (secondary N) is 1. The Morgan fingerprint density at radius 2 is 1.96 bits per heavy atom. The van der Waals surface area contributed by atoms with Crippen molar-refractivity contribution in [1.82, 2.24) is 10.2 Å². The van der Waals surface area contributed by atoms with E-state index in [0.29, 0.717) is 23.5 Å². The van der Waals surface area contributed by atoms with Gasteiger partial charge in [-0.1, -0.05) is 35.4 Å². The van der Waals surface area contributed by atoms with Crippen LogP contribution in [0, 0.1) is 0 Å². The van der Waals surface area contributed by atoms with Gasteiger partial charge < -0.3 is 13.6 Å². The summed E-state index contributed by atoms with van der Waals surface area (Å²) in [6.07, 6.45) is 1.45. The Kier molecular flexibility index (Phi) is 3.91. The second-order valence-corrected chi connectivity index (χ2v) is 6.55. The molecule has 28 heavy (non-hydrogen) atoms. The van der Waals surface area contributed by atoms with E-state index in [1.165, 1.54) is 6.07 Å². The second kappa shape index (κ2) is 6.58. The Morgan fingerprint density at radius 1 is 1.07 bits per heavy atom. The van der Waals surface area contributed by atoms with Crippen LogP contribution in [0.1, 0.15) is 35.2 Å². The molecule has 5 rings (SSSR count). The van der Waals surface area contributed by atoms with Crippen molar-refractivity contribution in [3.63, 3.8) is 0 Å². The first-order chi connectivity index (χ1) is 13.7. The van der Waals surface area contributed by atoms with Crippen molar-refractivity contribution >= 4 is 33.7 Å². The summed E-state index contributed by atoms with van der Waals surface area (Å²) in [6.45, 7) is 0.640. The lowest BCUT2D eigenvalue weighted by Crippen LogP contribution is -2.20. The number of carbonyl (C=O) groups excluding carboxylic acids is 1. The Hall–Kier alpha value is -3.52. The molecule has 1 fully saturated rings. The van der Waals surface area contributed by atoms with Gasteiger partial charge in [0.15, 0.2) is 0 Å². The minimum atomic E-state index is -0.737. The van der Waals surface area contributed by atoms with Crippen molar-refractivity contribution in [3.05, 3.63) is 64.3 Å². The van der Waals surface area contributed by atoms with E-state index >= 15 is 0 Å². The zero-order valence-electron chi connectivity index (χ0n) is 14.7. The number of carbonyl (C=O) groups is 1. The van der Waals surface area contributed by atoms with Crippen molar-refractivity contribution in [2.75, 3.05) is 11.9 Å². The summed E-state index contributed by atoms with van der Waals surface area (Å²) in [7, 11) is 0. The van der Waals surface area contributed by atoms with Gasteiger partial charge in [0.05, 0.1) is 0 Å². The van der Waals surface area contributed by atoms with Crippen LogP contribution in [0.4, 0.5) is 6.01 Å². The van der Waals surface area contributed by atoms with Crippen LogP contribution < -0.4 is 10.9 Å². The first-order valence-electron chi connectivity index (χ1n) is 8.91. The molecule has 0 radical (unpaired) electrons. The summed E-state index contributed by atoms with van der Waals surface area (Å²) in [5, 5.41) is 12.7. The number of aromatic nitrogens is 2. The molecule has 1 aliphatic rings. The van der Waals surface area contributed by atoms with Crippen LogP contribution in [0.25, 0.3) is 21.7 Å². The maximum absolute atomic E-state index is 12.6. The third-order valence-corrected chi connectivity index (χ3v) is 4.75. The molecule has 1 unspecified atom stereocenters. The average molecular weight is 377 g/mol. The summed E-state index contributed by atoms with van der Waals surface area (Å²) >= 11 is 0. The highest BCUT2D eigenvalue weighted by Crippen LogP contribution is 2.28. The molecule has 1 amide bonds. The van der Waals surface area contributed by atoms with Crippen molar-refractivity contribution in [3.8, 4) is 0 Å². The predicted molar refractivity (Wildman–Crippen MR) is 100 cm³/mol. The highest BCUT2D eigenvalue weighted by atomic mass is 16.5. The van der Waals surface area contributed by atoms with Crippen molar-refractivity contribution in [2.24, 2.45) is 0 Å². The number of ether oxygens (including phenoxy) is 1. The van der Waals surface area contributed by atoms with Crippen LogP contribution in [-0.4, -0.2) is 22.7 Å². The second-order valence-electron chi connectivity index (χ2n) is 6.55. The number of nitrogens with zero attached hydrogens (tertiary/aromatic N) is 2. The van der Waals surface area contributed by atoms with Crippen molar-refractivity contribution < 1.29 is 18.4 Å². The SMILES string of the molecule is O=C(Nc1nnc(C2CCCO2)o1)c1cc2c(ccc3ccccc32)oc1=O. The lowest BCUT2D eigenvalue weighted by molar-refractivity contribution is 0.0892. The molecule has 140 valence electrons. The van der Waals surface area contributed by atoms with Crippen LogP contribution in [0.2, 0.25) is 0 Å². The Balaban J connectivity index is 1.49. The minimum absolute atomic E-state index is 0.0899. The van der Waals surface area contributed by atoms with Gasteiger partial charge >= 0.3 is 11.6 Å². The van der Waals surface area contributed by atoms with E-state index in [1.807, 2.05) is 30.3 Å². The summed E-state index contributed by atoms with van der Waals surface area (Å²) < 4.78 is 16.3. The first-order valence-corrected chi connectivity index (χ1v) is 8.91. The lowest BCUT2D eigenvalue weighted by Gasteiger charge is -2.05. The molecule has 2 aromatic carbocycles. The maximum atomic E-state index is 12.6. The smallest absolute Gasteiger partial charge is 0.349 e. The normalized spacial score (nSPS) is 16.6. The largest absolute Gasteiger partial charge is 0.422 e. The number of fused-ring (bicyclic) bond motifs is 3. The van der Waals surface area contributed by atoms with Gasteiger partial charge in [-0.2, -0.15) is 0 Å². The van der Waals surface area contributed by atoms with Gasteiger partial charge in [0.2, 0.25) is 5.89 Å². The van der Waals surface area contributed by atoms with Gasteiger partial charge in [-0.3, -0.25) is 10.1 Å². The maximum Gasteiger partial charge on any atom is 0.349 e. The fourth-order valence-electron chi connectivity index (χ4n) is 3.38. The molecule has 0 spiro atoms. The molecular formula is C20H15N3O5. The average Bonchev–Trinajstić information content (AvgIpc) is 3.39. The van der Waals surface area contributed by atoms with Crippen LogP contribution in [0.15, 0.2) is 56.1 Å². The number of anilines is 1. The third-order valence-electron chi connectivity index (χ3n) is 4.75. The van der Waals surface area contributed by atoms with Crippen LogP contribution >= 0.6 is 0 Å². The molecule has 1 atom stereocenters. The standard InChI is InChI=1S/C20H15N3O5/c24-17(21-20-23-22-18(28-20)16-6-3-9-26-16)14-10-13-12-5-2-1-4-11(12)7-8-15(13)27-19(14)25/h1-2,4-5,7-8,10,16H,3,6,9H2,(H,21,23,24). The first kappa shape index (κ1) is 16.6. The monoisotopic (exact) mass is 377 g/mol.